The number of imidazole rings is 1. The Balaban J connectivity index is 1.32. The van der Waals surface area contributed by atoms with Crippen LogP contribution < -0.4 is 10.9 Å². The number of hydrogen-bond acceptors (Lipinski definition) is 5. The Bertz CT molecular complexity index is 1130. The Kier molecular flexibility index (Phi) is 4.93. The molecule has 2 aromatic carbocycles. The summed E-state index contributed by atoms with van der Waals surface area (Å²) < 4.78 is 1.38. The van der Waals surface area contributed by atoms with E-state index in [1.165, 1.54) is 10.9 Å². The van der Waals surface area contributed by atoms with Gasteiger partial charge in [0.25, 0.3) is 5.91 Å². The van der Waals surface area contributed by atoms with Crippen LogP contribution >= 0.6 is 0 Å². The predicted molar refractivity (Wildman–Crippen MR) is 105 cm³/mol. The summed E-state index contributed by atoms with van der Waals surface area (Å²) in [4.78, 5) is 31.8. The Morgan fingerprint density at radius 1 is 1.03 bits per heavy atom. The molecule has 0 aliphatic carbocycles. The maximum Gasteiger partial charge on any atom is 0.294 e. The second-order valence-electron chi connectivity index (χ2n) is 6.35. The number of fused-ring (bicyclic) bond motifs is 1. The van der Waals surface area contributed by atoms with Gasteiger partial charge in [0.15, 0.2) is 11.4 Å². The number of amides is 2. The van der Waals surface area contributed by atoms with Gasteiger partial charge in [-0.15, -0.1) is 0 Å². The molecule has 4 N–H and O–H groups in total. The highest BCUT2D eigenvalue weighted by molar-refractivity contribution is 5.95. The summed E-state index contributed by atoms with van der Waals surface area (Å²) in [5.74, 6) is -0.704. The molecule has 0 aliphatic heterocycles. The number of aromatic amines is 1. The number of carbonyl (C=O) groups excluding carboxylic acids is 2. The lowest BCUT2D eigenvalue weighted by Gasteiger charge is -2.05. The van der Waals surface area contributed by atoms with Crippen LogP contribution in [0.4, 0.5) is 0 Å². The minimum atomic E-state index is -0.714. The van der Waals surface area contributed by atoms with E-state index >= 15 is 0 Å². The first-order valence-electron chi connectivity index (χ1n) is 8.97. The van der Waals surface area contributed by atoms with Gasteiger partial charge in [0.2, 0.25) is 5.91 Å². The summed E-state index contributed by atoms with van der Waals surface area (Å²) in [5.41, 5.74) is 6.82. The first-order chi connectivity index (χ1) is 14.1. The molecule has 0 radical (unpaired) electrons. The number of hydrazine groups is 1. The van der Waals surface area contributed by atoms with Gasteiger partial charge in [-0.05, 0) is 24.3 Å². The van der Waals surface area contributed by atoms with Crippen molar-refractivity contribution in [3.8, 4) is 11.4 Å². The molecule has 0 spiro atoms. The topological polar surface area (TPSA) is 125 Å². The first-order valence-corrected chi connectivity index (χ1v) is 8.97. The van der Waals surface area contributed by atoms with E-state index in [0.717, 1.165) is 11.0 Å². The molecule has 9 heteroatoms. The lowest BCUT2D eigenvalue weighted by atomic mass is 10.3. The van der Waals surface area contributed by atoms with E-state index in [1.54, 1.807) is 12.1 Å². The quantitative estimate of drug-likeness (QED) is 0.387. The fraction of sp³-hybridized carbons (Fsp3) is 0.100. The zero-order chi connectivity index (χ0) is 20.2. The van der Waals surface area contributed by atoms with E-state index in [4.69, 9.17) is 0 Å². The molecule has 0 fully saturated rings. The van der Waals surface area contributed by atoms with Gasteiger partial charge >= 0.3 is 0 Å². The van der Waals surface area contributed by atoms with Crippen molar-refractivity contribution in [1.29, 1.82) is 0 Å². The van der Waals surface area contributed by atoms with E-state index in [2.05, 4.69) is 25.9 Å². The smallest absolute Gasteiger partial charge is 0.294 e. The number of rotatable bonds is 5. The molecular formula is C20H18N6O3. The van der Waals surface area contributed by atoms with Crippen LogP contribution in [0.15, 0.2) is 60.8 Å². The maximum absolute atomic E-state index is 12.2. The van der Waals surface area contributed by atoms with Gasteiger partial charge in [-0.1, -0.05) is 30.3 Å². The molecule has 9 nitrogen and oxygen atoms in total. The van der Waals surface area contributed by atoms with Crippen LogP contribution in [0, 0.1) is 0 Å². The number of aromatic hydroxyl groups is 1. The average molecular weight is 390 g/mol. The fourth-order valence-corrected chi connectivity index (χ4v) is 2.84. The number of carbonyl (C=O) groups is 2. The number of aryl methyl sites for hydroxylation is 1. The largest absolute Gasteiger partial charge is 0.504 e. The van der Waals surface area contributed by atoms with Crippen molar-refractivity contribution in [2.75, 3.05) is 0 Å². The SMILES string of the molecule is O=C(CCc1nc2ccccc2[nH]1)NNC(=O)c1nn(-c2ccccc2)cc1O. The lowest BCUT2D eigenvalue weighted by Crippen LogP contribution is -2.42. The molecule has 0 unspecified atom stereocenters. The minimum absolute atomic E-state index is 0.130. The second kappa shape index (κ2) is 7.85. The Hall–Kier alpha value is -4.14. The molecule has 0 saturated heterocycles. The van der Waals surface area contributed by atoms with Gasteiger partial charge in [-0.2, -0.15) is 5.10 Å². The molecule has 4 aromatic rings. The zero-order valence-electron chi connectivity index (χ0n) is 15.3. The van der Waals surface area contributed by atoms with Crippen LogP contribution in [0.3, 0.4) is 0 Å². The summed E-state index contributed by atoms with van der Waals surface area (Å²) in [6, 6.07) is 16.6. The Labute approximate surface area is 165 Å². The van der Waals surface area contributed by atoms with Crippen LogP contribution in [-0.4, -0.2) is 36.7 Å². The van der Waals surface area contributed by atoms with Crippen LogP contribution in [0.1, 0.15) is 22.7 Å². The van der Waals surface area contributed by atoms with Gasteiger partial charge in [-0.3, -0.25) is 20.4 Å². The highest BCUT2D eigenvalue weighted by Crippen LogP contribution is 2.17. The standard InChI is InChI=1S/C20H18N6O3/c27-16-12-26(13-6-2-1-3-7-13)25-19(16)20(29)24-23-18(28)11-10-17-21-14-8-4-5-9-15(14)22-17/h1-9,12,27H,10-11H2,(H,21,22)(H,23,28)(H,24,29). The van der Waals surface area contributed by atoms with Crippen LogP contribution in [0.2, 0.25) is 0 Å². The molecule has 0 saturated carbocycles. The van der Waals surface area contributed by atoms with E-state index < -0.39 is 5.91 Å². The van der Waals surface area contributed by atoms with Crippen molar-refractivity contribution in [2.24, 2.45) is 0 Å². The number of para-hydroxylation sites is 3. The Morgan fingerprint density at radius 2 is 1.79 bits per heavy atom. The van der Waals surface area contributed by atoms with Crippen LogP contribution in [-0.2, 0) is 11.2 Å². The summed E-state index contributed by atoms with van der Waals surface area (Å²) in [5, 5.41) is 14.0. The van der Waals surface area contributed by atoms with Gasteiger partial charge in [0, 0.05) is 12.8 Å². The molecule has 29 heavy (non-hydrogen) atoms. The third-order valence-electron chi connectivity index (χ3n) is 4.27. The number of benzene rings is 2. The predicted octanol–water partition coefficient (Wildman–Crippen LogP) is 1.85. The van der Waals surface area contributed by atoms with Crippen LogP contribution in [0.25, 0.3) is 16.7 Å². The Morgan fingerprint density at radius 3 is 2.59 bits per heavy atom. The maximum atomic E-state index is 12.2. The summed E-state index contributed by atoms with van der Waals surface area (Å²) >= 11 is 0. The number of H-pyrrole nitrogens is 1. The van der Waals surface area contributed by atoms with Crippen LogP contribution in [0.5, 0.6) is 5.75 Å². The van der Waals surface area contributed by atoms with Gasteiger partial charge in [0.1, 0.15) is 5.82 Å². The monoisotopic (exact) mass is 390 g/mol. The average Bonchev–Trinajstić information content (AvgIpc) is 3.34. The van der Waals surface area contributed by atoms with Crippen molar-refractivity contribution >= 4 is 22.8 Å². The first kappa shape index (κ1) is 18.2. The number of nitrogens with one attached hydrogen (secondary N) is 3. The molecular weight excluding hydrogens is 372 g/mol. The van der Waals surface area contributed by atoms with Gasteiger partial charge in [-0.25, -0.2) is 9.67 Å². The third kappa shape index (κ3) is 4.08. The molecule has 2 amide bonds. The van der Waals surface area contributed by atoms with Crippen molar-refractivity contribution in [3.05, 3.63) is 72.3 Å². The molecule has 2 aromatic heterocycles. The highest BCUT2D eigenvalue weighted by atomic mass is 16.3. The number of aromatic nitrogens is 4. The highest BCUT2D eigenvalue weighted by Gasteiger charge is 2.17. The van der Waals surface area contributed by atoms with Gasteiger partial charge < -0.3 is 10.1 Å². The normalized spacial score (nSPS) is 10.8. The minimum Gasteiger partial charge on any atom is -0.504 e. The number of nitrogens with zero attached hydrogens (tertiary/aromatic N) is 3. The molecule has 2 heterocycles. The van der Waals surface area contributed by atoms with E-state index in [9.17, 15) is 14.7 Å². The number of hydrogen-bond donors (Lipinski definition) is 4. The zero-order valence-corrected chi connectivity index (χ0v) is 15.3. The van der Waals surface area contributed by atoms with Crippen molar-refractivity contribution in [3.63, 3.8) is 0 Å². The van der Waals surface area contributed by atoms with E-state index in [0.29, 0.717) is 17.9 Å². The van der Waals surface area contributed by atoms with Gasteiger partial charge in [0.05, 0.1) is 22.9 Å². The molecule has 0 bridgehead atoms. The second-order valence-corrected chi connectivity index (χ2v) is 6.35. The fourth-order valence-electron chi connectivity index (χ4n) is 2.84. The van der Waals surface area contributed by atoms with E-state index in [-0.39, 0.29) is 23.8 Å². The summed E-state index contributed by atoms with van der Waals surface area (Å²) in [6.45, 7) is 0. The van der Waals surface area contributed by atoms with E-state index in [1.807, 2.05) is 42.5 Å². The third-order valence-corrected chi connectivity index (χ3v) is 4.27. The molecule has 0 aliphatic rings. The van der Waals surface area contributed by atoms with Crippen molar-refractivity contribution in [1.82, 2.24) is 30.6 Å². The van der Waals surface area contributed by atoms with Crippen molar-refractivity contribution in [2.45, 2.75) is 12.8 Å². The van der Waals surface area contributed by atoms with Crippen molar-refractivity contribution < 1.29 is 14.7 Å². The molecule has 0 atom stereocenters. The molecule has 4 rings (SSSR count). The lowest BCUT2D eigenvalue weighted by molar-refractivity contribution is -0.121. The summed E-state index contributed by atoms with van der Waals surface area (Å²) in [7, 11) is 0. The summed E-state index contributed by atoms with van der Waals surface area (Å²) in [6.07, 6.45) is 1.85. The molecule has 146 valence electrons.